The van der Waals surface area contributed by atoms with Crippen LogP contribution in [0.3, 0.4) is 0 Å². The van der Waals surface area contributed by atoms with Crippen LogP contribution in [0.2, 0.25) is 0 Å². The van der Waals surface area contributed by atoms with Crippen LogP contribution in [-0.4, -0.2) is 47.3 Å². The van der Waals surface area contributed by atoms with E-state index in [1.54, 1.807) is 0 Å². The zero-order valence-corrected chi connectivity index (χ0v) is 13.0. The topological polar surface area (TPSA) is 35.2 Å². The molecule has 1 aromatic carbocycles. The molecule has 0 bridgehead atoms. The first-order valence-corrected chi connectivity index (χ1v) is 8.43. The van der Waals surface area contributed by atoms with Gasteiger partial charge >= 0.3 is 0 Å². The maximum atomic E-state index is 4.09. The molecule has 0 radical (unpaired) electrons. The minimum Gasteiger partial charge on any atom is -0.370 e. The van der Waals surface area contributed by atoms with Crippen molar-refractivity contribution >= 4 is 5.69 Å². The van der Waals surface area contributed by atoms with E-state index in [1.165, 1.54) is 56.8 Å². The number of aromatic nitrogens is 2. The number of hydrogen-bond donors (Lipinski definition) is 1. The van der Waals surface area contributed by atoms with Gasteiger partial charge in [0.05, 0.1) is 0 Å². The third kappa shape index (κ3) is 2.75. The van der Waals surface area contributed by atoms with E-state index >= 15 is 0 Å². The number of hydrogen-bond acceptors (Lipinski definition) is 3. The van der Waals surface area contributed by atoms with Gasteiger partial charge in [-0.15, -0.1) is 0 Å². The fourth-order valence-corrected chi connectivity index (χ4v) is 3.98. The minimum atomic E-state index is 0.672. The van der Waals surface area contributed by atoms with Gasteiger partial charge in [-0.05, 0) is 50.6 Å². The van der Waals surface area contributed by atoms with Crippen molar-refractivity contribution in [2.45, 2.75) is 31.2 Å². The Hall–Kier alpha value is -1.81. The van der Waals surface area contributed by atoms with Crippen molar-refractivity contribution in [2.24, 2.45) is 0 Å². The van der Waals surface area contributed by atoms with Crippen molar-refractivity contribution in [3.63, 3.8) is 0 Å². The monoisotopic (exact) mass is 296 g/mol. The van der Waals surface area contributed by atoms with Gasteiger partial charge in [0.2, 0.25) is 0 Å². The zero-order valence-electron chi connectivity index (χ0n) is 13.0. The van der Waals surface area contributed by atoms with Gasteiger partial charge < -0.3 is 4.90 Å². The first-order valence-electron chi connectivity index (χ1n) is 8.43. The van der Waals surface area contributed by atoms with Crippen LogP contribution in [-0.2, 0) is 0 Å². The second kappa shape index (κ2) is 6.13. The normalized spacial score (nSPS) is 24.0. The highest BCUT2D eigenvalue weighted by molar-refractivity contribution is 5.47. The van der Waals surface area contributed by atoms with Gasteiger partial charge in [0.1, 0.15) is 0 Å². The Kier molecular flexibility index (Phi) is 3.85. The van der Waals surface area contributed by atoms with E-state index in [9.17, 15) is 0 Å². The molecule has 0 aliphatic carbocycles. The van der Waals surface area contributed by atoms with Crippen molar-refractivity contribution < 1.29 is 0 Å². The van der Waals surface area contributed by atoms with E-state index < -0.39 is 0 Å². The standard InChI is InChI=1S/C18H24N4/c1-2-4-16(5-3-1)22-13-9-17(14-22)21-11-7-15(8-12-21)18-6-10-19-20-18/h1-6,10,15,17H,7-9,11-14H2,(H,19,20)/t17-/m0/s1. The molecular weight excluding hydrogens is 272 g/mol. The average Bonchev–Trinajstić information content (AvgIpc) is 3.28. The van der Waals surface area contributed by atoms with Gasteiger partial charge in [-0.1, -0.05) is 18.2 Å². The van der Waals surface area contributed by atoms with Gasteiger partial charge in [-0.3, -0.25) is 10.00 Å². The predicted molar refractivity (Wildman–Crippen MR) is 89.2 cm³/mol. The Morgan fingerprint density at radius 1 is 0.955 bits per heavy atom. The first kappa shape index (κ1) is 13.8. The van der Waals surface area contributed by atoms with Crippen molar-refractivity contribution in [3.8, 4) is 0 Å². The zero-order chi connectivity index (χ0) is 14.8. The summed E-state index contributed by atoms with van der Waals surface area (Å²) in [7, 11) is 0. The molecule has 2 aromatic rings. The van der Waals surface area contributed by atoms with Gasteiger partial charge in [-0.25, -0.2) is 0 Å². The SMILES string of the molecule is c1ccc(N2CC[C@H](N3CCC(c4ccn[nH]4)CC3)C2)cc1. The van der Waals surface area contributed by atoms with Gasteiger partial charge in [0, 0.05) is 42.6 Å². The molecule has 0 unspecified atom stereocenters. The number of nitrogens with zero attached hydrogens (tertiary/aromatic N) is 3. The molecule has 1 aromatic heterocycles. The van der Waals surface area contributed by atoms with E-state index in [1.807, 2.05) is 6.20 Å². The molecule has 0 amide bonds. The fourth-order valence-electron chi connectivity index (χ4n) is 3.98. The molecule has 2 fully saturated rings. The number of para-hydroxylation sites is 1. The summed E-state index contributed by atoms with van der Waals surface area (Å²) in [6.07, 6.45) is 5.67. The largest absolute Gasteiger partial charge is 0.370 e. The lowest BCUT2D eigenvalue weighted by Gasteiger charge is -2.35. The predicted octanol–water partition coefficient (Wildman–Crippen LogP) is 2.87. The highest BCUT2D eigenvalue weighted by Gasteiger charge is 2.31. The van der Waals surface area contributed by atoms with Crippen molar-refractivity contribution in [1.29, 1.82) is 0 Å². The summed E-state index contributed by atoms with van der Waals surface area (Å²) in [5, 5.41) is 7.24. The van der Waals surface area contributed by atoms with Crippen LogP contribution in [0.15, 0.2) is 42.6 Å². The van der Waals surface area contributed by atoms with E-state index in [2.05, 4.69) is 56.4 Å². The molecule has 1 atom stereocenters. The molecular formula is C18H24N4. The molecule has 2 saturated heterocycles. The number of nitrogens with one attached hydrogen (secondary N) is 1. The number of rotatable bonds is 3. The summed E-state index contributed by atoms with van der Waals surface area (Å²) >= 11 is 0. The van der Waals surface area contributed by atoms with Gasteiger partial charge in [0.15, 0.2) is 0 Å². The summed E-state index contributed by atoms with van der Waals surface area (Å²) < 4.78 is 0. The summed E-state index contributed by atoms with van der Waals surface area (Å²) in [5.41, 5.74) is 2.69. The van der Waals surface area contributed by atoms with Crippen molar-refractivity contribution in [1.82, 2.24) is 15.1 Å². The molecule has 1 N–H and O–H groups in total. The Labute approximate surface area is 132 Å². The smallest absolute Gasteiger partial charge is 0.0490 e. The highest BCUT2D eigenvalue weighted by atomic mass is 15.3. The third-order valence-corrected chi connectivity index (χ3v) is 5.29. The molecule has 4 heteroatoms. The Morgan fingerprint density at radius 2 is 1.77 bits per heavy atom. The molecule has 3 heterocycles. The van der Waals surface area contributed by atoms with Gasteiger partial charge in [-0.2, -0.15) is 5.10 Å². The Balaban J connectivity index is 1.33. The first-order chi connectivity index (χ1) is 10.9. The molecule has 4 nitrogen and oxygen atoms in total. The molecule has 116 valence electrons. The quantitative estimate of drug-likeness (QED) is 0.946. The van der Waals surface area contributed by atoms with Crippen LogP contribution in [0, 0.1) is 0 Å². The summed E-state index contributed by atoms with van der Waals surface area (Å²) in [6.45, 7) is 4.81. The third-order valence-electron chi connectivity index (χ3n) is 5.29. The van der Waals surface area contributed by atoms with E-state index in [0.29, 0.717) is 5.92 Å². The van der Waals surface area contributed by atoms with Crippen LogP contribution in [0.25, 0.3) is 0 Å². The van der Waals surface area contributed by atoms with E-state index in [0.717, 1.165) is 6.04 Å². The number of likely N-dealkylation sites (tertiary alicyclic amines) is 1. The number of aromatic amines is 1. The maximum Gasteiger partial charge on any atom is 0.0490 e. The maximum absolute atomic E-state index is 4.09. The molecule has 2 aliphatic rings. The lowest BCUT2D eigenvalue weighted by molar-refractivity contribution is 0.161. The lowest BCUT2D eigenvalue weighted by atomic mass is 9.93. The van der Waals surface area contributed by atoms with E-state index in [-0.39, 0.29) is 0 Å². The second-order valence-electron chi connectivity index (χ2n) is 6.55. The molecule has 0 saturated carbocycles. The summed E-state index contributed by atoms with van der Waals surface area (Å²) in [6, 6.07) is 13.7. The van der Waals surface area contributed by atoms with Crippen LogP contribution < -0.4 is 4.90 Å². The number of piperidine rings is 1. The fraction of sp³-hybridized carbons (Fsp3) is 0.500. The molecule has 2 aliphatic heterocycles. The van der Waals surface area contributed by atoms with Crippen molar-refractivity contribution in [3.05, 3.63) is 48.3 Å². The molecule has 22 heavy (non-hydrogen) atoms. The minimum absolute atomic E-state index is 0.672. The van der Waals surface area contributed by atoms with Crippen LogP contribution >= 0.6 is 0 Å². The second-order valence-corrected chi connectivity index (χ2v) is 6.55. The average molecular weight is 296 g/mol. The van der Waals surface area contributed by atoms with Crippen LogP contribution in [0.4, 0.5) is 5.69 Å². The summed E-state index contributed by atoms with van der Waals surface area (Å²) in [4.78, 5) is 5.24. The van der Waals surface area contributed by atoms with E-state index in [4.69, 9.17) is 0 Å². The molecule has 4 rings (SSSR count). The Bertz CT molecular complexity index is 572. The van der Waals surface area contributed by atoms with Crippen molar-refractivity contribution in [2.75, 3.05) is 31.1 Å². The van der Waals surface area contributed by atoms with Gasteiger partial charge in [0.25, 0.3) is 0 Å². The lowest BCUT2D eigenvalue weighted by Crippen LogP contribution is -2.42. The Morgan fingerprint density at radius 3 is 2.50 bits per heavy atom. The molecule has 0 spiro atoms. The van der Waals surface area contributed by atoms with Crippen LogP contribution in [0.1, 0.15) is 30.9 Å². The number of benzene rings is 1. The number of anilines is 1. The number of H-pyrrole nitrogens is 1. The summed E-state index contributed by atoms with van der Waals surface area (Å²) in [5.74, 6) is 0.672. The van der Waals surface area contributed by atoms with Crippen LogP contribution in [0.5, 0.6) is 0 Å². The highest BCUT2D eigenvalue weighted by Crippen LogP contribution is 2.30.